The van der Waals surface area contributed by atoms with Gasteiger partial charge in [0.05, 0.1) is 6.04 Å². The first-order valence-corrected chi connectivity index (χ1v) is 8.27. The Morgan fingerprint density at radius 1 is 1.29 bits per heavy atom. The molecular formula is C18H21Cl2N3O. The fourth-order valence-corrected chi connectivity index (χ4v) is 3.19. The maximum Gasteiger partial charge on any atom is 0.223 e. The molecule has 2 heterocycles. The van der Waals surface area contributed by atoms with Crippen molar-refractivity contribution in [2.75, 3.05) is 19.6 Å². The molecule has 0 aliphatic carbocycles. The Labute approximate surface area is 153 Å². The summed E-state index contributed by atoms with van der Waals surface area (Å²) in [5.74, 6) is 0.167. The molecule has 1 aromatic carbocycles. The Balaban J connectivity index is 0.00000208. The minimum atomic E-state index is 0. The van der Waals surface area contributed by atoms with Crippen LogP contribution in [0.5, 0.6) is 0 Å². The van der Waals surface area contributed by atoms with E-state index in [1.807, 2.05) is 47.5 Å². The van der Waals surface area contributed by atoms with Crippen LogP contribution in [0.3, 0.4) is 0 Å². The predicted octanol–water partition coefficient (Wildman–Crippen LogP) is 3.26. The third-order valence-corrected chi connectivity index (χ3v) is 4.57. The Morgan fingerprint density at radius 2 is 2.12 bits per heavy atom. The van der Waals surface area contributed by atoms with Crippen LogP contribution in [0, 0.1) is 0 Å². The SMILES string of the molecule is Cl.O=C(CCc1ccccc1Cl)N1CCNCC1c1cccnc1. The van der Waals surface area contributed by atoms with E-state index in [9.17, 15) is 4.79 Å². The summed E-state index contributed by atoms with van der Waals surface area (Å²) in [4.78, 5) is 18.8. The fraction of sp³-hybridized carbons (Fsp3) is 0.333. The highest BCUT2D eigenvalue weighted by Gasteiger charge is 2.27. The first-order valence-electron chi connectivity index (χ1n) is 7.89. The van der Waals surface area contributed by atoms with Crippen LogP contribution in [0.15, 0.2) is 48.8 Å². The molecule has 24 heavy (non-hydrogen) atoms. The van der Waals surface area contributed by atoms with E-state index in [1.54, 1.807) is 6.20 Å². The fourth-order valence-electron chi connectivity index (χ4n) is 2.96. The first-order chi connectivity index (χ1) is 11.3. The van der Waals surface area contributed by atoms with Gasteiger partial charge in [-0.1, -0.05) is 35.9 Å². The van der Waals surface area contributed by atoms with E-state index in [4.69, 9.17) is 11.6 Å². The van der Waals surface area contributed by atoms with Crippen LogP contribution in [0.2, 0.25) is 5.02 Å². The van der Waals surface area contributed by atoms with Gasteiger partial charge in [0.15, 0.2) is 0 Å². The van der Waals surface area contributed by atoms with Crippen LogP contribution in [0.4, 0.5) is 0 Å². The number of halogens is 2. The molecule has 0 spiro atoms. The molecular weight excluding hydrogens is 345 g/mol. The van der Waals surface area contributed by atoms with Crippen molar-refractivity contribution in [1.29, 1.82) is 0 Å². The lowest BCUT2D eigenvalue weighted by molar-refractivity contribution is -0.134. The van der Waals surface area contributed by atoms with Gasteiger partial charge >= 0.3 is 0 Å². The minimum Gasteiger partial charge on any atom is -0.333 e. The van der Waals surface area contributed by atoms with Crippen molar-refractivity contribution < 1.29 is 4.79 Å². The number of piperazine rings is 1. The molecule has 0 saturated carbocycles. The van der Waals surface area contributed by atoms with Crippen molar-refractivity contribution in [2.24, 2.45) is 0 Å². The van der Waals surface area contributed by atoms with Gasteiger partial charge in [-0.25, -0.2) is 0 Å². The predicted molar refractivity (Wildman–Crippen MR) is 98.6 cm³/mol. The Bertz CT molecular complexity index is 666. The average molecular weight is 366 g/mol. The van der Waals surface area contributed by atoms with Gasteiger partial charge in [-0.3, -0.25) is 9.78 Å². The number of carbonyl (C=O) groups excluding carboxylic acids is 1. The second-order valence-corrected chi connectivity index (χ2v) is 6.09. The number of hydrogen-bond donors (Lipinski definition) is 1. The van der Waals surface area contributed by atoms with Crippen molar-refractivity contribution in [3.8, 4) is 0 Å². The zero-order chi connectivity index (χ0) is 16.1. The standard InChI is InChI=1S/C18H20ClN3O.ClH/c19-16-6-2-1-4-14(16)7-8-18(23)22-11-10-21-13-17(22)15-5-3-9-20-12-15;/h1-6,9,12,17,21H,7-8,10-11,13H2;1H. The number of aromatic nitrogens is 1. The van der Waals surface area contributed by atoms with Gasteiger partial charge in [0.1, 0.15) is 0 Å². The summed E-state index contributed by atoms with van der Waals surface area (Å²) in [5.41, 5.74) is 2.10. The highest BCUT2D eigenvalue weighted by Crippen LogP contribution is 2.23. The van der Waals surface area contributed by atoms with Crippen LogP contribution in [-0.4, -0.2) is 35.4 Å². The van der Waals surface area contributed by atoms with E-state index in [0.29, 0.717) is 12.8 Å². The Hall–Kier alpha value is -1.62. The summed E-state index contributed by atoms with van der Waals surface area (Å²) in [6, 6.07) is 11.7. The summed E-state index contributed by atoms with van der Waals surface area (Å²) in [6.07, 6.45) is 4.73. The number of rotatable bonds is 4. The molecule has 1 unspecified atom stereocenters. The summed E-state index contributed by atoms with van der Waals surface area (Å²) >= 11 is 6.17. The molecule has 1 aliphatic rings. The van der Waals surface area contributed by atoms with Crippen molar-refractivity contribution in [2.45, 2.75) is 18.9 Å². The van der Waals surface area contributed by atoms with Crippen molar-refractivity contribution in [1.82, 2.24) is 15.2 Å². The topological polar surface area (TPSA) is 45.2 Å². The quantitative estimate of drug-likeness (QED) is 0.904. The molecule has 3 rings (SSSR count). The lowest BCUT2D eigenvalue weighted by Crippen LogP contribution is -2.48. The van der Waals surface area contributed by atoms with Gasteiger partial charge in [0.2, 0.25) is 5.91 Å². The summed E-state index contributed by atoms with van der Waals surface area (Å²) in [7, 11) is 0. The van der Waals surface area contributed by atoms with Crippen LogP contribution in [0.1, 0.15) is 23.6 Å². The smallest absolute Gasteiger partial charge is 0.223 e. The first kappa shape index (κ1) is 18.7. The molecule has 1 fully saturated rings. The van der Waals surface area contributed by atoms with E-state index < -0.39 is 0 Å². The Morgan fingerprint density at radius 3 is 2.88 bits per heavy atom. The molecule has 2 aromatic rings. The van der Waals surface area contributed by atoms with Crippen LogP contribution in [0.25, 0.3) is 0 Å². The average Bonchev–Trinajstić information content (AvgIpc) is 2.61. The monoisotopic (exact) mass is 365 g/mol. The second-order valence-electron chi connectivity index (χ2n) is 5.68. The second kappa shape index (κ2) is 9.02. The minimum absolute atomic E-state index is 0. The van der Waals surface area contributed by atoms with Gasteiger partial charge in [-0.2, -0.15) is 0 Å². The number of benzene rings is 1. The lowest BCUT2D eigenvalue weighted by atomic mass is 10.0. The highest BCUT2D eigenvalue weighted by atomic mass is 35.5. The normalized spacial score (nSPS) is 17.2. The van der Waals surface area contributed by atoms with Gasteiger partial charge < -0.3 is 10.2 Å². The number of nitrogens with zero attached hydrogens (tertiary/aromatic N) is 2. The zero-order valence-corrected chi connectivity index (χ0v) is 14.9. The molecule has 0 radical (unpaired) electrons. The maximum absolute atomic E-state index is 12.7. The van der Waals surface area contributed by atoms with E-state index in [-0.39, 0.29) is 24.4 Å². The number of carbonyl (C=O) groups is 1. The van der Waals surface area contributed by atoms with Crippen LogP contribution >= 0.6 is 24.0 Å². The largest absolute Gasteiger partial charge is 0.333 e. The molecule has 1 aromatic heterocycles. The third-order valence-electron chi connectivity index (χ3n) is 4.20. The Kier molecular flexibility index (Phi) is 7.03. The van der Waals surface area contributed by atoms with Gasteiger partial charge in [-0.15, -0.1) is 12.4 Å². The summed E-state index contributed by atoms with van der Waals surface area (Å²) < 4.78 is 0. The van der Waals surface area contributed by atoms with Crippen molar-refractivity contribution in [3.05, 3.63) is 64.9 Å². The third kappa shape index (κ3) is 4.47. The summed E-state index contributed by atoms with van der Waals surface area (Å²) in [5, 5.41) is 4.08. The van der Waals surface area contributed by atoms with Gasteiger partial charge in [-0.05, 0) is 29.7 Å². The molecule has 1 N–H and O–H groups in total. The highest BCUT2D eigenvalue weighted by molar-refractivity contribution is 6.31. The zero-order valence-electron chi connectivity index (χ0n) is 13.3. The van der Waals surface area contributed by atoms with Crippen molar-refractivity contribution >= 4 is 29.9 Å². The van der Waals surface area contributed by atoms with Crippen LogP contribution in [-0.2, 0) is 11.2 Å². The van der Waals surface area contributed by atoms with Crippen molar-refractivity contribution in [3.63, 3.8) is 0 Å². The number of pyridine rings is 1. The van der Waals surface area contributed by atoms with E-state index in [1.165, 1.54) is 0 Å². The number of hydrogen-bond acceptors (Lipinski definition) is 3. The maximum atomic E-state index is 12.7. The number of amides is 1. The lowest BCUT2D eigenvalue weighted by Gasteiger charge is -2.36. The van der Waals surface area contributed by atoms with E-state index in [0.717, 1.165) is 35.8 Å². The van der Waals surface area contributed by atoms with E-state index in [2.05, 4.69) is 10.3 Å². The molecule has 1 saturated heterocycles. The van der Waals surface area contributed by atoms with Gasteiger partial charge in [0.25, 0.3) is 0 Å². The number of aryl methyl sites for hydroxylation is 1. The molecule has 1 amide bonds. The molecule has 1 atom stereocenters. The van der Waals surface area contributed by atoms with Gasteiger partial charge in [0, 0.05) is 43.5 Å². The molecule has 0 bridgehead atoms. The number of nitrogens with one attached hydrogen (secondary N) is 1. The van der Waals surface area contributed by atoms with E-state index >= 15 is 0 Å². The summed E-state index contributed by atoms with van der Waals surface area (Å²) in [6.45, 7) is 2.32. The molecule has 6 heteroatoms. The molecule has 128 valence electrons. The molecule has 4 nitrogen and oxygen atoms in total. The molecule has 1 aliphatic heterocycles. The van der Waals surface area contributed by atoms with Crippen LogP contribution < -0.4 is 5.32 Å².